The Balaban J connectivity index is 1.49. The Hall–Kier alpha value is -4.73. The van der Waals surface area contributed by atoms with Crippen LogP contribution in [0.25, 0.3) is 0 Å². The molecule has 0 saturated carbocycles. The molecule has 2 aromatic carbocycles. The predicted molar refractivity (Wildman–Crippen MR) is 129 cm³/mol. The smallest absolute Gasteiger partial charge is 0.338 e. The zero-order valence-electron chi connectivity index (χ0n) is 19.1. The number of nitro groups is 1. The van der Waals surface area contributed by atoms with Gasteiger partial charge in [-0.15, -0.1) is 0 Å². The molecule has 10 nitrogen and oxygen atoms in total. The van der Waals surface area contributed by atoms with E-state index in [1.165, 1.54) is 17.0 Å². The summed E-state index contributed by atoms with van der Waals surface area (Å²) in [5.74, 6) is 0.324. The van der Waals surface area contributed by atoms with Gasteiger partial charge in [-0.1, -0.05) is 0 Å². The SMILES string of the molecule is CCOC(=O)c1ccc(N2C=CCN(c3ccc(Oc4ccc([N+](=O)[O-])cn4)c(C)c3)C2=O)cc1. The summed E-state index contributed by atoms with van der Waals surface area (Å²) in [6.07, 6.45) is 4.69. The average molecular weight is 474 g/mol. The van der Waals surface area contributed by atoms with E-state index in [0.29, 0.717) is 29.2 Å². The number of rotatable bonds is 7. The molecule has 0 radical (unpaired) electrons. The molecule has 0 spiro atoms. The van der Waals surface area contributed by atoms with Crippen LogP contribution in [0.2, 0.25) is 0 Å². The minimum absolute atomic E-state index is 0.124. The van der Waals surface area contributed by atoms with Crippen LogP contribution < -0.4 is 14.5 Å². The highest BCUT2D eigenvalue weighted by molar-refractivity contribution is 6.06. The van der Waals surface area contributed by atoms with E-state index >= 15 is 0 Å². The largest absolute Gasteiger partial charge is 0.462 e. The summed E-state index contributed by atoms with van der Waals surface area (Å²) in [6, 6.07) is 14.4. The summed E-state index contributed by atoms with van der Waals surface area (Å²) in [6.45, 7) is 4.25. The minimum atomic E-state index is -0.529. The van der Waals surface area contributed by atoms with Crippen LogP contribution in [-0.4, -0.2) is 35.1 Å². The van der Waals surface area contributed by atoms with Crippen LogP contribution in [0.15, 0.2) is 73.1 Å². The molecule has 2 amide bonds. The lowest BCUT2D eigenvalue weighted by molar-refractivity contribution is -0.385. The Morgan fingerprint density at radius 1 is 1.11 bits per heavy atom. The Labute approximate surface area is 201 Å². The van der Waals surface area contributed by atoms with Crippen LogP contribution in [0.1, 0.15) is 22.8 Å². The summed E-state index contributed by atoms with van der Waals surface area (Å²) < 4.78 is 10.8. The summed E-state index contributed by atoms with van der Waals surface area (Å²) in [4.78, 5) is 42.4. The van der Waals surface area contributed by atoms with Gasteiger partial charge in [0.05, 0.1) is 22.8 Å². The van der Waals surface area contributed by atoms with Crippen LogP contribution in [0.4, 0.5) is 21.9 Å². The van der Waals surface area contributed by atoms with Crippen molar-refractivity contribution in [2.24, 2.45) is 0 Å². The molecule has 0 N–H and O–H groups in total. The van der Waals surface area contributed by atoms with E-state index in [1.54, 1.807) is 54.4 Å². The number of aryl methyl sites for hydroxylation is 1. The van der Waals surface area contributed by atoms with Crippen molar-refractivity contribution in [2.45, 2.75) is 13.8 Å². The number of amides is 2. The second-order valence-corrected chi connectivity index (χ2v) is 7.58. The van der Waals surface area contributed by atoms with Gasteiger partial charge >= 0.3 is 12.0 Å². The van der Waals surface area contributed by atoms with Crippen molar-refractivity contribution in [1.82, 2.24) is 4.98 Å². The van der Waals surface area contributed by atoms with Gasteiger partial charge in [0.2, 0.25) is 5.88 Å². The van der Waals surface area contributed by atoms with Gasteiger partial charge in [0, 0.05) is 30.6 Å². The fourth-order valence-corrected chi connectivity index (χ4v) is 3.48. The number of aromatic nitrogens is 1. The van der Waals surface area contributed by atoms with Gasteiger partial charge in [0.15, 0.2) is 0 Å². The van der Waals surface area contributed by atoms with Crippen LogP contribution in [0, 0.1) is 17.0 Å². The number of urea groups is 1. The molecule has 10 heteroatoms. The fourth-order valence-electron chi connectivity index (χ4n) is 3.48. The van der Waals surface area contributed by atoms with E-state index in [0.717, 1.165) is 11.8 Å². The second kappa shape index (κ2) is 10.0. The third-order valence-corrected chi connectivity index (χ3v) is 5.25. The molecule has 1 aliphatic heterocycles. The first kappa shape index (κ1) is 23.4. The van der Waals surface area contributed by atoms with Crippen molar-refractivity contribution in [3.8, 4) is 11.6 Å². The molecular formula is C25H22N4O6. The molecule has 0 atom stereocenters. The maximum atomic E-state index is 13.2. The topological polar surface area (TPSA) is 115 Å². The molecule has 2 heterocycles. The van der Waals surface area contributed by atoms with Gasteiger partial charge in [-0.2, -0.15) is 0 Å². The molecule has 0 bridgehead atoms. The van der Waals surface area contributed by atoms with Crippen molar-refractivity contribution in [2.75, 3.05) is 23.0 Å². The van der Waals surface area contributed by atoms with E-state index in [9.17, 15) is 19.7 Å². The molecule has 1 aromatic heterocycles. The molecule has 4 rings (SSSR count). The second-order valence-electron chi connectivity index (χ2n) is 7.58. The zero-order chi connectivity index (χ0) is 24.9. The normalized spacial score (nSPS) is 13.0. The number of hydrogen-bond acceptors (Lipinski definition) is 7. The molecular weight excluding hydrogens is 452 g/mol. The summed E-state index contributed by atoms with van der Waals surface area (Å²) >= 11 is 0. The van der Waals surface area contributed by atoms with Crippen molar-refractivity contribution >= 4 is 29.1 Å². The number of anilines is 2. The van der Waals surface area contributed by atoms with Crippen molar-refractivity contribution in [3.05, 3.63) is 94.3 Å². The van der Waals surface area contributed by atoms with E-state index in [2.05, 4.69) is 4.98 Å². The first-order valence-electron chi connectivity index (χ1n) is 10.8. The molecule has 0 fully saturated rings. The summed E-state index contributed by atoms with van der Waals surface area (Å²) in [5, 5.41) is 10.8. The predicted octanol–water partition coefficient (Wildman–Crippen LogP) is 5.23. The highest BCUT2D eigenvalue weighted by atomic mass is 16.6. The molecule has 0 aliphatic carbocycles. The van der Waals surface area contributed by atoms with Crippen LogP contribution in [0.3, 0.4) is 0 Å². The van der Waals surface area contributed by atoms with Crippen LogP contribution in [0.5, 0.6) is 11.6 Å². The lowest BCUT2D eigenvalue weighted by Crippen LogP contribution is -2.44. The molecule has 178 valence electrons. The molecule has 3 aromatic rings. The van der Waals surface area contributed by atoms with Gasteiger partial charge in [-0.05, 0) is 68.0 Å². The quantitative estimate of drug-likeness (QED) is 0.262. The standard InChI is InChI=1S/C25H22N4O6/c1-3-34-24(30)18-5-7-19(8-6-18)27-13-4-14-28(25(27)31)20-9-11-22(17(2)15-20)35-23-12-10-21(16-26-23)29(32)33/h4-13,15-16H,3,14H2,1-2H3. The van der Waals surface area contributed by atoms with Crippen molar-refractivity contribution < 1.29 is 24.0 Å². The number of pyridine rings is 1. The zero-order valence-corrected chi connectivity index (χ0v) is 19.1. The van der Waals surface area contributed by atoms with Gasteiger partial charge in [0.25, 0.3) is 5.69 Å². The number of ether oxygens (including phenoxy) is 2. The molecule has 35 heavy (non-hydrogen) atoms. The Morgan fingerprint density at radius 3 is 2.49 bits per heavy atom. The van der Waals surface area contributed by atoms with Gasteiger partial charge < -0.3 is 9.47 Å². The maximum absolute atomic E-state index is 13.2. The minimum Gasteiger partial charge on any atom is -0.462 e. The fraction of sp³-hybridized carbons (Fsp3) is 0.160. The lowest BCUT2D eigenvalue weighted by Gasteiger charge is -2.31. The number of carbonyl (C=O) groups is 2. The molecule has 1 aliphatic rings. The number of hydrogen-bond donors (Lipinski definition) is 0. The summed E-state index contributed by atoms with van der Waals surface area (Å²) in [5.41, 5.74) is 2.34. The average Bonchev–Trinajstić information content (AvgIpc) is 2.86. The summed E-state index contributed by atoms with van der Waals surface area (Å²) in [7, 11) is 0. The monoisotopic (exact) mass is 474 g/mol. The van der Waals surface area contributed by atoms with E-state index < -0.39 is 10.9 Å². The third-order valence-electron chi connectivity index (χ3n) is 5.25. The number of carbonyl (C=O) groups excluding carboxylic acids is 2. The third kappa shape index (κ3) is 5.11. The van der Waals surface area contributed by atoms with Gasteiger partial charge in [-0.25, -0.2) is 14.6 Å². The van der Waals surface area contributed by atoms with Gasteiger partial charge in [-0.3, -0.25) is 19.9 Å². The molecule has 0 unspecified atom stereocenters. The lowest BCUT2D eigenvalue weighted by atomic mass is 10.1. The number of nitrogens with zero attached hydrogens (tertiary/aromatic N) is 4. The Bertz CT molecular complexity index is 1290. The number of benzene rings is 2. The van der Waals surface area contributed by atoms with Crippen molar-refractivity contribution in [1.29, 1.82) is 0 Å². The Kier molecular flexibility index (Phi) is 6.72. The first-order valence-corrected chi connectivity index (χ1v) is 10.8. The van der Waals surface area contributed by atoms with Crippen molar-refractivity contribution in [3.63, 3.8) is 0 Å². The highest BCUT2D eigenvalue weighted by Crippen LogP contribution is 2.30. The highest BCUT2D eigenvalue weighted by Gasteiger charge is 2.25. The van der Waals surface area contributed by atoms with E-state index in [-0.39, 0.29) is 24.2 Å². The molecule has 0 saturated heterocycles. The van der Waals surface area contributed by atoms with E-state index in [1.807, 2.05) is 19.1 Å². The van der Waals surface area contributed by atoms with Crippen LogP contribution >= 0.6 is 0 Å². The maximum Gasteiger partial charge on any atom is 0.338 e. The first-order chi connectivity index (χ1) is 16.9. The number of esters is 1. The Morgan fingerprint density at radius 2 is 1.86 bits per heavy atom. The van der Waals surface area contributed by atoms with E-state index in [4.69, 9.17) is 9.47 Å². The van der Waals surface area contributed by atoms with Crippen LogP contribution in [-0.2, 0) is 4.74 Å². The van der Waals surface area contributed by atoms with Gasteiger partial charge in [0.1, 0.15) is 11.9 Å².